The van der Waals surface area contributed by atoms with Crippen LogP contribution in [0.1, 0.15) is 28.8 Å². The molecule has 132 valence electrons. The van der Waals surface area contributed by atoms with Crippen molar-refractivity contribution in [2.45, 2.75) is 18.8 Å². The largest absolute Gasteiger partial charge is 0.341 e. The summed E-state index contributed by atoms with van der Waals surface area (Å²) in [5, 5.41) is 4.04. The molecule has 6 heteroatoms. The van der Waals surface area contributed by atoms with E-state index in [2.05, 4.69) is 10.1 Å². The third kappa shape index (κ3) is 3.64. The zero-order valence-corrected chi connectivity index (χ0v) is 14.1. The maximum atomic E-state index is 12.9. The van der Waals surface area contributed by atoms with Crippen LogP contribution >= 0.6 is 0 Å². The molecule has 0 atom stereocenters. The van der Waals surface area contributed by atoms with E-state index < -0.39 is 0 Å². The standard InChI is InChI=1S/C20H18FN3O2/c21-17-8-6-15(7-9-17)11-19(25)24-12-16(13-24)20-22-18(23-26-20)10-14-4-2-1-3-5-14/h1-9,16H,10-13H2. The Labute approximate surface area is 150 Å². The molecule has 1 saturated heterocycles. The van der Waals surface area contributed by atoms with E-state index in [-0.39, 0.29) is 24.1 Å². The van der Waals surface area contributed by atoms with E-state index in [1.807, 2.05) is 30.3 Å². The molecule has 0 bridgehead atoms. The van der Waals surface area contributed by atoms with Crippen molar-refractivity contribution in [3.8, 4) is 0 Å². The molecule has 0 unspecified atom stereocenters. The number of hydrogen-bond acceptors (Lipinski definition) is 4. The number of nitrogens with zero attached hydrogens (tertiary/aromatic N) is 3. The summed E-state index contributed by atoms with van der Waals surface area (Å²) in [7, 11) is 0. The second-order valence-electron chi connectivity index (χ2n) is 6.51. The lowest BCUT2D eigenvalue weighted by molar-refractivity contribution is -0.135. The van der Waals surface area contributed by atoms with Crippen LogP contribution in [0.3, 0.4) is 0 Å². The summed E-state index contributed by atoms with van der Waals surface area (Å²) in [4.78, 5) is 18.5. The van der Waals surface area contributed by atoms with Crippen molar-refractivity contribution in [3.63, 3.8) is 0 Å². The van der Waals surface area contributed by atoms with Crippen molar-refractivity contribution in [2.24, 2.45) is 0 Å². The molecule has 0 aliphatic carbocycles. The summed E-state index contributed by atoms with van der Waals surface area (Å²) in [6.45, 7) is 1.15. The van der Waals surface area contributed by atoms with Gasteiger partial charge in [0.2, 0.25) is 11.8 Å². The Balaban J connectivity index is 1.30. The molecule has 4 rings (SSSR count). The van der Waals surface area contributed by atoms with Crippen molar-refractivity contribution < 1.29 is 13.7 Å². The molecule has 0 spiro atoms. The summed E-state index contributed by atoms with van der Waals surface area (Å²) < 4.78 is 18.3. The maximum Gasteiger partial charge on any atom is 0.233 e. The van der Waals surface area contributed by atoms with E-state index in [0.717, 1.165) is 11.1 Å². The highest BCUT2D eigenvalue weighted by Crippen LogP contribution is 2.26. The zero-order valence-electron chi connectivity index (χ0n) is 14.1. The Morgan fingerprint density at radius 1 is 1.08 bits per heavy atom. The minimum atomic E-state index is -0.298. The number of amides is 1. The van der Waals surface area contributed by atoms with Crippen LogP contribution in [0.25, 0.3) is 0 Å². The minimum absolute atomic E-state index is 0.0249. The van der Waals surface area contributed by atoms with Crippen LogP contribution < -0.4 is 0 Å². The molecule has 26 heavy (non-hydrogen) atoms. The lowest BCUT2D eigenvalue weighted by Crippen LogP contribution is -2.49. The Kier molecular flexibility index (Phi) is 4.48. The van der Waals surface area contributed by atoms with Crippen LogP contribution in [0.15, 0.2) is 59.1 Å². The van der Waals surface area contributed by atoms with E-state index in [4.69, 9.17) is 4.52 Å². The van der Waals surface area contributed by atoms with Crippen molar-refractivity contribution in [1.82, 2.24) is 15.0 Å². The van der Waals surface area contributed by atoms with Crippen LogP contribution in [0.5, 0.6) is 0 Å². The van der Waals surface area contributed by atoms with E-state index in [0.29, 0.717) is 31.2 Å². The molecule has 0 saturated carbocycles. The number of rotatable bonds is 5. The zero-order chi connectivity index (χ0) is 17.9. The highest BCUT2D eigenvalue weighted by molar-refractivity contribution is 5.79. The van der Waals surface area contributed by atoms with Crippen LogP contribution in [0, 0.1) is 5.82 Å². The van der Waals surface area contributed by atoms with Gasteiger partial charge < -0.3 is 9.42 Å². The first-order chi connectivity index (χ1) is 12.7. The minimum Gasteiger partial charge on any atom is -0.341 e. The molecule has 0 N–H and O–H groups in total. The average Bonchev–Trinajstić information content (AvgIpc) is 3.04. The molecule has 3 aromatic rings. The number of aromatic nitrogens is 2. The van der Waals surface area contributed by atoms with Crippen molar-refractivity contribution in [2.75, 3.05) is 13.1 Å². The molecular formula is C20H18FN3O2. The molecule has 1 fully saturated rings. The first-order valence-corrected chi connectivity index (χ1v) is 8.56. The normalized spacial score (nSPS) is 14.3. The number of benzene rings is 2. The van der Waals surface area contributed by atoms with Gasteiger partial charge in [-0.25, -0.2) is 4.39 Å². The highest BCUT2D eigenvalue weighted by atomic mass is 19.1. The summed E-state index contributed by atoms with van der Waals surface area (Å²) in [5.41, 5.74) is 1.94. The third-order valence-corrected chi connectivity index (χ3v) is 4.54. The second-order valence-corrected chi connectivity index (χ2v) is 6.51. The van der Waals surface area contributed by atoms with Gasteiger partial charge in [0.1, 0.15) is 5.82 Å². The second kappa shape index (κ2) is 7.07. The fraction of sp³-hybridized carbons (Fsp3) is 0.250. The molecule has 1 aromatic heterocycles. The van der Waals surface area contributed by atoms with Gasteiger partial charge in [0.15, 0.2) is 5.82 Å². The third-order valence-electron chi connectivity index (χ3n) is 4.54. The van der Waals surface area contributed by atoms with Gasteiger partial charge in [-0.05, 0) is 23.3 Å². The number of hydrogen-bond donors (Lipinski definition) is 0. The van der Waals surface area contributed by atoms with Crippen LogP contribution in [-0.2, 0) is 17.6 Å². The number of carbonyl (C=O) groups excluding carboxylic acids is 1. The summed E-state index contributed by atoms with van der Waals surface area (Å²) >= 11 is 0. The Morgan fingerprint density at radius 2 is 1.81 bits per heavy atom. The molecule has 1 aliphatic heterocycles. The van der Waals surface area contributed by atoms with E-state index in [1.165, 1.54) is 12.1 Å². The topological polar surface area (TPSA) is 59.2 Å². The number of halogens is 1. The van der Waals surface area contributed by atoms with Gasteiger partial charge in [-0.1, -0.05) is 47.6 Å². The fourth-order valence-electron chi connectivity index (χ4n) is 3.01. The molecule has 0 radical (unpaired) electrons. The monoisotopic (exact) mass is 351 g/mol. The summed E-state index contributed by atoms with van der Waals surface area (Å²) in [5.74, 6) is 1.05. The van der Waals surface area contributed by atoms with Crippen LogP contribution in [-0.4, -0.2) is 34.0 Å². The van der Waals surface area contributed by atoms with Crippen LogP contribution in [0.2, 0.25) is 0 Å². The number of carbonyl (C=O) groups is 1. The summed E-state index contributed by atoms with van der Waals surface area (Å²) in [6, 6.07) is 16.0. The molecule has 1 aliphatic rings. The molecule has 2 aromatic carbocycles. The smallest absolute Gasteiger partial charge is 0.233 e. The van der Waals surface area contributed by atoms with Gasteiger partial charge >= 0.3 is 0 Å². The lowest BCUT2D eigenvalue weighted by atomic mass is 9.98. The Hall–Kier alpha value is -3.02. The van der Waals surface area contributed by atoms with Gasteiger partial charge in [-0.3, -0.25) is 4.79 Å². The van der Waals surface area contributed by atoms with E-state index in [9.17, 15) is 9.18 Å². The molecule has 5 nitrogen and oxygen atoms in total. The fourth-order valence-corrected chi connectivity index (χ4v) is 3.01. The van der Waals surface area contributed by atoms with Crippen molar-refractivity contribution >= 4 is 5.91 Å². The first kappa shape index (κ1) is 16.4. The SMILES string of the molecule is O=C(Cc1ccc(F)cc1)N1CC(c2nc(Cc3ccccc3)no2)C1. The molecular weight excluding hydrogens is 333 g/mol. The molecule has 1 amide bonds. The predicted octanol–water partition coefficient (Wildman–Crippen LogP) is 2.97. The van der Waals surface area contributed by atoms with Gasteiger partial charge in [-0.2, -0.15) is 4.98 Å². The average molecular weight is 351 g/mol. The maximum absolute atomic E-state index is 12.9. The highest BCUT2D eigenvalue weighted by Gasteiger charge is 2.35. The predicted molar refractivity (Wildman–Crippen MR) is 93.0 cm³/mol. The Morgan fingerprint density at radius 3 is 2.54 bits per heavy atom. The van der Waals surface area contributed by atoms with Crippen molar-refractivity contribution in [3.05, 3.63) is 83.3 Å². The first-order valence-electron chi connectivity index (χ1n) is 8.56. The van der Waals surface area contributed by atoms with Crippen molar-refractivity contribution in [1.29, 1.82) is 0 Å². The quantitative estimate of drug-likeness (QED) is 0.709. The van der Waals surface area contributed by atoms with Gasteiger partial charge in [0.05, 0.1) is 12.3 Å². The van der Waals surface area contributed by atoms with E-state index >= 15 is 0 Å². The molecule has 2 heterocycles. The van der Waals surface area contributed by atoms with Gasteiger partial charge in [0, 0.05) is 19.5 Å². The van der Waals surface area contributed by atoms with Crippen LogP contribution in [0.4, 0.5) is 4.39 Å². The van der Waals surface area contributed by atoms with Gasteiger partial charge in [-0.15, -0.1) is 0 Å². The lowest BCUT2D eigenvalue weighted by Gasteiger charge is -2.37. The van der Waals surface area contributed by atoms with E-state index in [1.54, 1.807) is 17.0 Å². The number of likely N-dealkylation sites (tertiary alicyclic amines) is 1. The van der Waals surface area contributed by atoms with Gasteiger partial charge in [0.25, 0.3) is 0 Å². The Bertz CT molecular complexity index is 887. The summed E-state index contributed by atoms with van der Waals surface area (Å²) in [6.07, 6.45) is 0.903.